The molecule has 0 saturated heterocycles. The number of benzene rings is 1. The Balaban J connectivity index is 2.20. The molecule has 2 heteroatoms. The van der Waals surface area contributed by atoms with Crippen LogP contribution in [0.2, 0.25) is 0 Å². The van der Waals surface area contributed by atoms with E-state index in [0.717, 1.165) is 6.42 Å². The Morgan fingerprint density at radius 2 is 2.06 bits per heavy atom. The molecular formula is C16H25NO. The number of hydrogen-bond donors (Lipinski definition) is 1. The summed E-state index contributed by atoms with van der Waals surface area (Å²) in [7, 11) is 3.91. The van der Waals surface area contributed by atoms with Gasteiger partial charge in [-0.1, -0.05) is 23.8 Å². The van der Waals surface area contributed by atoms with Crippen LogP contribution in [-0.2, 0) is 4.74 Å². The molecule has 0 aliphatic heterocycles. The van der Waals surface area contributed by atoms with Crippen molar-refractivity contribution in [2.75, 3.05) is 14.2 Å². The van der Waals surface area contributed by atoms with Crippen molar-refractivity contribution < 1.29 is 4.74 Å². The Bertz CT molecular complexity index is 404. The molecular weight excluding hydrogens is 222 g/mol. The highest BCUT2D eigenvalue weighted by Crippen LogP contribution is 2.42. The summed E-state index contributed by atoms with van der Waals surface area (Å²) >= 11 is 0. The number of nitrogens with one attached hydrogen (secondary N) is 1. The molecule has 1 N–H and O–H groups in total. The fourth-order valence-corrected chi connectivity index (χ4v) is 2.94. The molecule has 1 aliphatic rings. The van der Waals surface area contributed by atoms with Gasteiger partial charge < -0.3 is 10.1 Å². The van der Waals surface area contributed by atoms with E-state index in [2.05, 4.69) is 44.4 Å². The predicted octanol–water partition coefficient (Wildman–Crippen LogP) is 3.52. The minimum absolute atomic E-state index is 0.115. The third-order valence-electron chi connectivity index (χ3n) is 4.43. The Morgan fingerprint density at radius 1 is 1.33 bits per heavy atom. The van der Waals surface area contributed by atoms with Crippen LogP contribution in [0, 0.1) is 13.8 Å². The molecule has 100 valence electrons. The lowest BCUT2D eigenvalue weighted by atomic mass is 9.74. The summed E-state index contributed by atoms with van der Waals surface area (Å²) in [5.74, 6) is 0. The standard InChI is InChI=1S/C16H25NO/c1-12-6-7-13(2)14(10-12)15(17-3)11-16(18-4)8-5-9-16/h6-7,10,15,17H,5,8-9,11H2,1-4H3. The molecule has 1 fully saturated rings. The summed E-state index contributed by atoms with van der Waals surface area (Å²) in [4.78, 5) is 0. The molecule has 2 nitrogen and oxygen atoms in total. The molecule has 1 aromatic carbocycles. The molecule has 1 atom stereocenters. The number of rotatable bonds is 5. The van der Waals surface area contributed by atoms with E-state index in [1.54, 1.807) is 0 Å². The first-order valence-corrected chi connectivity index (χ1v) is 6.90. The van der Waals surface area contributed by atoms with Gasteiger partial charge in [-0.05, 0) is 57.7 Å². The van der Waals surface area contributed by atoms with Crippen LogP contribution in [0.15, 0.2) is 18.2 Å². The van der Waals surface area contributed by atoms with Gasteiger partial charge in [0.25, 0.3) is 0 Å². The van der Waals surface area contributed by atoms with Crippen LogP contribution in [0.4, 0.5) is 0 Å². The first-order valence-electron chi connectivity index (χ1n) is 6.90. The zero-order valence-corrected chi connectivity index (χ0v) is 12.0. The van der Waals surface area contributed by atoms with E-state index in [1.165, 1.54) is 36.0 Å². The van der Waals surface area contributed by atoms with E-state index < -0.39 is 0 Å². The van der Waals surface area contributed by atoms with Gasteiger partial charge in [0.2, 0.25) is 0 Å². The minimum Gasteiger partial charge on any atom is -0.378 e. The molecule has 0 heterocycles. The first-order chi connectivity index (χ1) is 8.60. The minimum atomic E-state index is 0.115. The van der Waals surface area contributed by atoms with Gasteiger partial charge in [-0.2, -0.15) is 0 Å². The molecule has 1 unspecified atom stereocenters. The quantitative estimate of drug-likeness (QED) is 0.859. The van der Waals surface area contributed by atoms with Gasteiger partial charge in [-0.3, -0.25) is 0 Å². The van der Waals surface area contributed by atoms with Crippen LogP contribution in [0.5, 0.6) is 0 Å². The Morgan fingerprint density at radius 3 is 2.56 bits per heavy atom. The third kappa shape index (κ3) is 2.60. The lowest BCUT2D eigenvalue weighted by Crippen LogP contribution is -2.42. The summed E-state index contributed by atoms with van der Waals surface area (Å²) in [5.41, 5.74) is 4.23. The van der Waals surface area contributed by atoms with Crippen molar-refractivity contribution in [2.45, 2.75) is 51.2 Å². The zero-order valence-electron chi connectivity index (χ0n) is 12.0. The van der Waals surface area contributed by atoms with Gasteiger partial charge in [0, 0.05) is 13.2 Å². The molecule has 0 bridgehead atoms. The molecule has 1 aromatic rings. The van der Waals surface area contributed by atoms with E-state index >= 15 is 0 Å². The van der Waals surface area contributed by atoms with Crippen molar-refractivity contribution in [3.8, 4) is 0 Å². The Hall–Kier alpha value is -0.860. The van der Waals surface area contributed by atoms with Gasteiger partial charge in [-0.25, -0.2) is 0 Å². The molecule has 2 rings (SSSR count). The van der Waals surface area contributed by atoms with E-state index in [1.807, 2.05) is 7.11 Å². The number of methoxy groups -OCH3 is 1. The lowest BCUT2D eigenvalue weighted by Gasteiger charge is -2.43. The van der Waals surface area contributed by atoms with Gasteiger partial charge in [0.05, 0.1) is 5.60 Å². The van der Waals surface area contributed by atoms with Crippen molar-refractivity contribution in [3.63, 3.8) is 0 Å². The second-order valence-electron chi connectivity index (χ2n) is 5.65. The summed E-state index contributed by atoms with van der Waals surface area (Å²) < 4.78 is 5.76. The Labute approximate surface area is 111 Å². The van der Waals surface area contributed by atoms with E-state index in [9.17, 15) is 0 Å². The molecule has 0 amide bonds. The maximum atomic E-state index is 5.76. The fraction of sp³-hybridized carbons (Fsp3) is 0.625. The monoisotopic (exact) mass is 247 g/mol. The van der Waals surface area contributed by atoms with Crippen LogP contribution in [-0.4, -0.2) is 19.8 Å². The zero-order chi connectivity index (χ0) is 13.2. The average Bonchev–Trinajstić information content (AvgIpc) is 2.32. The second kappa shape index (κ2) is 5.41. The van der Waals surface area contributed by atoms with E-state index in [0.29, 0.717) is 6.04 Å². The topological polar surface area (TPSA) is 21.3 Å². The molecule has 0 aromatic heterocycles. The number of aryl methyl sites for hydroxylation is 2. The van der Waals surface area contributed by atoms with Crippen LogP contribution in [0.25, 0.3) is 0 Å². The molecule has 1 saturated carbocycles. The number of ether oxygens (including phenoxy) is 1. The smallest absolute Gasteiger partial charge is 0.0697 e. The highest BCUT2D eigenvalue weighted by Gasteiger charge is 2.39. The predicted molar refractivity (Wildman–Crippen MR) is 75.9 cm³/mol. The van der Waals surface area contributed by atoms with E-state index in [4.69, 9.17) is 4.74 Å². The maximum Gasteiger partial charge on any atom is 0.0697 e. The van der Waals surface area contributed by atoms with Gasteiger partial charge in [0.15, 0.2) is 0 Å². The van der Waals surface area contributed by atoms with Crippen molar-refractivity contribution in [1.82, 2.24) is 5.32 Å². The second-order valence-corrected chi connectivity index (χ2v) is 5.65. The summed E-state index contributed by atoms with van der Waals surface area (Å²) in [6.45, 7) is 4.35. The van der Waals surface area contributed by atoms with Crippen molar-refractivity contribution in [3.05, 3.63) is 34.9 Å². The number of hydrogen-bond acceptors (Lipinski definition) is 2. The van der Waals surface area contributed by atoms with Crippen LogP contribution in [0.1, 0.15) is 48.4 Å². The third-order valence-corrected chi connectivity index (χ3v) is 4.43. The Kier molecular flexibility index (Phi) is 4.08. The summed E-state index contributed by atoms with van der Waals surface area (Å²) in [6, 6.07) is 7.10. The van der Waals surface area contributed by atoms with Crippen molar-refractivity contribution >= 4 is 0 Å². The molecule has 0 radical (unpaired) electrons. The largest absolute Gasteiger partial charge is 0.378 e. The maximum absolute atomic E-state index is 5.76. The van der Waals surface area contributed by atoms with Crippen molar-refractivity contribution in [1.29, 1.82) is 0 Å². The van der Waals surface area contributed by atoms with Gasteiger partial charge >= 0.3 is 0 Å². The first kappa shape index (κ1) is 13.6. The summed E-state index contributed by atoms with van der Waals surface area (Å²) in [6.07, 6.45) is 4.78. The molecule has 18 heavy (non-hydrogen) atoms. The SMILES string of the molecule is CNC(CC1(OC)CCC1)c1cc(C)ccc1C. The highest BCUT2D eigenvalue weighted by atomic mass is 16.5. The van der Waals surface area contributed by atoms with Crippen molar-refractivity contribution in [2.24, 2.45) is 0 Å². The fourth-order valence-electron chi connectivity index (χ4n) is 2.94. The van der Waals surface area contributed by atoms with Crippen LogP contribution >= 0.6 is 0 Å². The average molecular weight is 247 g/mol. The van der Waals surface area contributed by atoms with E-state index in [-0.39, 0.29) is 5.60 Å². The molecule has 1 aliphatic carbocycles. The lowest BCUT2D eigenvalue weighted by molar-refractivity contribution is -0.0834. The normalized spacial score (nSPS) is 19.3. The molecule has 0 spiro atoms. The highest BCUT2D eigenvalue weighted by molar-refractivity contribution is 5.33. The summed E-state index contributed by atoms with van der Waals surface area (Å²) in [5, 5.41) is 3.46. The van der Waals surface area contributed by atoms with Crippen LogP contribution in [0.3, 0.4) is 0 Å². The van der Waals surface area contributed by atoms with Gasteiger partial charge in [-0.15, -0.1) is 0 Å². The van der Waals surface area contributed by atoms with Crippen LogP contribution < -0.4 is 5.32 Å². The van der Waals surface area contributed by atoms with Gasteiger partial charge in [0.1, 0.15) is 0 Å².